The summed E-state index contributed by atoms with van der Waals surface area (Å²) in [5.41, 5.74) is 1.35. The van der Waals surface area contributed by atoms with Gasteiger partial charge in [-0.2, -0.15) is 0 Å². The Morgan fingerprint density at radius 1 is 1.21 bits per heavy atom. The van der Waals surface area contributed by atoms with Gasteiger partial charge in [0.15, 0.2) is 0 Å². The number of β-lactam (4-membered cyclic amide) rings is 1. The van der Waals surface area contributed by atoms with Gasteiger partial charge in [0.1, 0.15) is 0 Å². The Kier molecular flexibility index (Phi) is 4.90. The smallest absolute Gasteiger partial charge is 0.228 e. The molecule has 2 saturated heterocycles. The van der Waals surface area contributed by atoms with Crippen LogP contribution in [-0.4, -0.2) is 47.1 Å². The first-order valence-corrected chi connectivity index (χ1v) is 8.81. The highest BCUT2D eigenvalue weighted by Crippen LogP contribution is 2.31. The van der Waals surface area contributed by atoms with E-state index in [4.69, 9.17) is 0 Å². The van der Waals surface area contributed by atoms with Gasteiger partial charge in [-0.15, -0.1) is 0 Å². The molecule has 2 N–H and O–H groups in total. The van der Waals surface area contributed by atoms with Gasteiger partial charge in [0.2, 0.25) is 11.8 Å². The predicted molar refractivity (Wildman–Crippen MR) is 91.3 cm³/mol. The molecule has 130 valence electrons. The van der Waals surface area contributed by atoms with Gasteiger partial charge in [0, 0.05) is 13.1 Å². The summed E-state index contributed by atoms with van der Waals surface area (Å²) >= 11 is 0. The lowest BCUT2D eigenvalue weighted by Gasteiger charge is -2.43. The van der Waals surface area contributed by atoms with Crippen molar-refractivity contribution in [1.29, 1.82) is 0 Å². The van der Waals surface area contributed by atoms with Gasteiger partial charge in [-0.25, -0.2) is 0 Å². The average molecular weight is 330 g/mol. The molecule has 0 aromatic heterocycles. The third-order valence-corrected chi connectivity index (χ3v) is 5.52. The van der Waals surface area contributed by atoms with Crippen LogP contribution < -0.4 is 5.32 Å². The largest absolute Gasteiger partial charge is 0.393 e. The fraction of sp³-hybridized carbons (Fsp3) is 0.579. The van der Waals surface area contributed by atoms with E-state index in [9.17, 15) is 14.7 Å². The van der Waals surface area contributed by atoms with Crippen molar-refractivity contribution in [2.75, 3.05) is 13.1 Å². The highest BCUT2D eigenvalue weighted by Gasteiger charge is 2.47. The molecular formula is C19H26N2O3. The minimum Gasteiger partial charge on any atom is -0.393 e. The zero-order valence-corrected chi connectivity index (χ0v) is 14.3. The fourth-order valence-corrected chi connectivity index (χ4v) is 3.97. The molecule has 0 spiro atoms. The van der Waals surface area contributed by atoms with Crippen LogP contribution in [0.25, 0.3) is 0 Å². The van der Waals surface area contributed by atoms with E-state index in [2.05, 4.69) is 29.6 Å². The van der Waals surface area contributed by atoms with Gasteiger partial charge < -0.3 is 15.3 Å². The number of aliphatic hydroxyl groups is 1. The van der Waals surface area contributed by atoms with Crippen molar-refractivity contribution in [3.8, 4) is 0 Å². The van der Waals surface area contributed by atoms with E-state index in [0.717, 1.165) is 25.9 Å². The van der Waals surface area contributed by atoms with E-state index in [1.165, 1.54) is 5.56 Å². The molecule has 24 heavy (non-hydrogen) atoms. The number of amides is 2. The topological polar surface area (TPSA) is 69.6 Å². The van der Waals surface area contributed by atoms with Crippen LogP contribution in [0.4, 0.5) is 0 Å². The van der Waals surface area contributed by atoms with Gasteiger partial charge in [-0.1, -0.05) is 37.3 Å². The van der Waals surface area contributed by atoms with Crippen LogP contribution in [-0.2, 0) is 9.59 Å². The molecule has 2 aliphatic heterocycles. The van der Waals surface area contributed by atoms with Gasteiger partial charge in [-0.3, -0.25) is 9.59 Å². The van der Waals surface area contributed by atoms with Crippen molar-refractivity contribution < 1.29 is 14.7 Å². The summed E-state index contributed by atoms with van der Waals surface area (Å²) in [5.74, 6) is -0.324. The van der Waals surface area contributed by atoms with Crippen LogP contribution in [0.15, 0.2) is 30.3 Å². The van der Waals surface area contributed by atoms with Crippen LogP contribution in [0, 0.1) is 11.8 Å². The molecule has 2 unspecified atom stereocenters. The number of hydrogen-bond donors (Lipinski definition) is 2. The van der Waals surface area contributed by atoms with Gasteiger partial charge >= 0.3 is 0 Å². The number of rotatable bonds is 4. The number of nitrogens with one attached hydrogen (secondary N) is 1. The molecule has 5 nitrogen and oxygen atoms in total. The molecule has 3 rings (SSSR count). The second kappa shape index (κ2) is 6.93. The van der Waals surface area contributed by atoms with Gasteiger partial charge in [-0.05, 0) is 31.2 Å². The maximum atomic E-state index is 12.7. The Morgan fingerprint density at radius 3 is 2.38 bits per heavy atom. The zero-order valence-electron chi connectivity index (χ0n) is 14.3. The minimum atomic E-state index is -0.720. The lowest BCUT2D eigenvalue weighted by molar-refractivity contribution is -0.148. The molecule has 5 heteroatoms. The number of carbonyl (C=O) groups is 2. The summed E-state index contributed by atoms with van der Waals surface area (Å²) in [5, 5.41) is 12.5. The SMILES string of the molecule is CC(C(=O)N1CCC(c2ccccc2)CC1)[C@H]1NC(=O)[C@@H]1C(C)O. The number of hydrogen-bond acceptors (Lipinski definition) is 3. The molecule has 0 aliphatic carbocycles. The van der Waals surface area contributed by atoms with Crippen molar-refractivity contribution in [3.05, 3.63) is 35.9 Å². The molecule has 2 aliphatic rings. The maximum absolute atomic E-state index is 12.7. The molecule has 0 radical (unpaired) electrons. The number of likely N-dealkylation sites (tertiary alicyclic amines) is 1. The molecule has 1 aromatic carbocycles. The summed E-state index contributed by atoms with van der Waals surface area (Å²) in [4.78, 5) is 26.2. The van der Waals surface area contributed by atoms with Crippen LogP contribution in [0.2, 0.25) is 0 Å². The fourth-order valence-electron chi connectivity index (χ4n) is 3.97. The maximum Gasteiger partial charge on any atom is 0.228 e. The number of aliphatic hydroxyl groups excluding tert-OH is 1. The quantitative estimate of drug-likeness (QED) is 0.823. The third kappa shape index (κ3) is 3.18. The van der Waals surface area contributed by atoms with Crippen molar-refractivity contribution in [2.24, 2.45) is 11.8 Å². The molecule has 1 aromatic rings. The number of nitrogens with zero attached hydrogens (tertiary/aromatic N) is 1. The summed E-state index contributed by atoms with van der Waals surface area (Å²) < 4.78 is 0. The Balaban J connectivity index is 1.56. The second-order valence-electron chi connectivity index (χ2n) is 7.10. The van der Waals surface area contributed by atoms with Crippen LogP contribution in [0.3, 0.4) is 0 Å². The Hall–Kier alpha value is -1.88. The van der Waals surface area contributed by atoms with Gasteiger partial charge in [0.25, 0.3) is 0 Å². The Labute approximate surface area is 143 Å². The predicted octanol–water partition coefficient (Wildman–Crippen LogP) is 1.52. The van der Waals surface area contributed by atoms with Crippen LogP contribution in [0.5, 0.6) is 0 Å². The molecule has 0 saturated carbocycles. The highest BCUT2D eigenvalue weighted by molar-refractivity contribution is 5.90. The summed E-state index contributed by atoms with van der Waals surface area (Å²) in [6.45, 7) is 4.97. The van der Waals surface area contributed by atoms with E-state index in [-0.39, 0.29) is 23.8 Å². The zero-order chi connectivity index (χ0) is 17.3. The van der Waals surface area contributed by atoms with E-state index in [1.807, 2.05) is 17.9 Å². The lowest BCUT2D eigenvalue weighted by Crippen LogP contribution is -2.66. The summed E-state index contributed by atoms with van der Waals surface area (Å²) in [7, 11) is 0. The first-order chi connectivity index (χ1) is 11.5. The van der Waals surface area contributed by atoms with E-state index >= 15 is 0 Å². The first-order valence-electron chi connectivity index (χ1n) is 8.81. The highest BCUT2D eigenvalue weighted by atomic mass is 16.3. The minimum absolute atomic E-state index is 0.0807. The third-order valence-electron chi connectivity index (χ3n) is 5.52. The van der Waals surface area contributed by atoms with E-state index in [0.29, 0.717) is 5.92 Å². The van der Waals surface area contributed by atoms with Crippen molar-refractivity contribution in [3.63, 3.8) is 0 Å². The molecule has 2 amide bonds. The second-order valence-corrected chi connectivity index (χ2v) is 7.10. The molecule has 0 bridgehead atoms. The van der Waals surface area contributed by atoms with E-state index in [1.54, 1.807) is 6.92 Å². The number of benzene rings is 1. The number of carbonyl (C=O) groups excluding carboxylic acids is 2. The monoisotopic (exact) mass is 330 g/mol. The van der Waals surface area contributed by atoms with Crippen LogP contribution in [0.1, 0.15) is 38.2 Å². The number of piperidine rings is 1. The normalized spacial score (nSPS) is 27.1. The summed E-state index contributed by atoms with van der Waals surface area (Å²) in [6.07, 6.45) is 1.22. The molecule has 2 heterocycles. The Bertz CT molecular complexity index is 594. The standard InChI is InChI=1S/C19H26N2O3/c1-12(17-16(13(2)22)18(23)20-17)19(24)21-10-8-15(9-11-21)14-6-4-3-5-7-14/h3-7,12-13,15-17,22H,8-11H2,1-2H3,(H,20,23)/t12?,13?,16-,17-/m1/s1. The Morgan fingerprint density at radius 2 is 1.83 bits per heavy atom. The van der Waals surface area contributed by atoms with Crippen LogP contribution >= 0.6 is 0 Å². The first kappa shape index (κ1) is 17.0. The van der Waals surface area contributed by atoms with Crippen molar-refractivity contribution in [2.45, 2.75) is 44.8 Å². The van der Waals surface area contributed by atoms with E-state index < -0.39 is 12.0 Å². The lowest BCUT2D eigenvalue weighted by atomic mass is 9.78. The van der Waals surface area contributed by atoms with Crippen molar-refractivity contribution in [1.82, 2.24) is 10.2 Å². The molecular weight excluding hydrogens is 304 g/mol. The van der Waals surface area contributed by atoms with Gasteiger partial charge in [0.05, 0.1) is 24.0 Å². The summed E-state index contributed by atoms with van der Waals surface area (Å²) in [6, 6.07) is 10.2. The average Bonchev–Trinajstić information content (AvgIpc) is 2.58. The van der Waals surface area contributed by atoms with Crippen molar-refractivity contribution >= 4 is 11.8 Å². The molecule has 2 fully saturated rings. The molecule has 4 atom stereocenters.